The van der Waals surface area contributed by atoms with E-state index in [-0.39, 0.29) is 17.1 Å². The molecule has 0 saturated heterocycles. The predicted octanol–water partition coefficient (Wildman–Crippen LogP) is 1.86. The van der Waals surface area contributed by atoms with Crippen LogP contribution in [0.4, 0.5) is 0 Å². The maximum Gasteiger partial charge on any atom is 0.119 e. The van der Waals surface area contributed by atoms with Crippen LogP contribution in [0, 0.1) is 0 Å². The van der Waals surface area contributed by atoms with Gasteiger partial charge in [-0.05, 0) is 23.3 Å². The summed E-state index contributed by atoms with van der Waals surface area (Å²) in [6.45, 7) is 0. The average molecular weight is 246 g/mol. The van der Waals surface area contributed by atoms with Crippen LogP contribution in [0.5, 0.6) is 11.5 Å². The van der Waals surface area contributed by atoms with E-state index in [1.54, 1.807) is 24.3 Å². The molecule has 2 unspecified atom stereocenters. The van der Waals surface area contributed by atoms with E-state index in [2.05, 4.69) is 0 Å². The van der Waals surface area contributed by atoms with Gasteiger partial charge < -0.3 is 20.4 Å². The molecule has 4 heteroatoms. The van der Waals surface area contributed by atoms with Crippen molar-refractivity contribution in [2.75, 3.05) is 0 Å². The van der Waals surface area contributed by atoms with Gasteiger partial charge >= 0.3 is 0 Å². The molecular formula is C14H14O4. The van der Waals surface area contributed by atoms with Crippen molar-refractivity contribution < 1.29 is 20.4 Å². The van der Waals surface area contributed by atoms with E-state index in [0.29, 0.717) is 5.56 Å². The van der Waals surface area contributed by atoms with Crippen molar-refractivity contribution in [3.05, 3.63) is 59.7 Å². The minimum atomic E-state index is -1.22. The lowest BCUT2D eigenvalue weighted by atomic mass is 9.98. The zero-order valence-electron chi connectivity index (χ0n) is 9.56. The quantitative estimate of drug-likeness (QED) is 0.666. The number of aromatic hydroxyl groups is 2. The lowest BCUT2D eigenvalue weighted by Crippen LogP contribution is -2.10. The molecule has 0 saturated carbocycles. The summed E-state index contributed by atoms with van der Waals surface area (Å²) in [5.74, 6) is -0.325. The van der Waals surface area contributed by atoms with E-state index in [1.165, 1.54) is 12.1 Å². The number of rotatable bonds is 3. The molecule has 2 aromatic carbocycles. The molecule has 2 rings (SSSR count). The third kappa shape index (κ3) is 2.61. The van der Waals surface area contributed by atoms with Crippen LogP contribution >= 0.6 is 0 Å². The summed E-state index contributed by atoms with van der Waals surface area (Å²) < 4.78 is 0. The molecule has 0 aliphatic carbocycles. The fraction of sp³-hybridized carbons (Fsp3) is 0.143. The Kier molecular flexibility index (Phi) is 3.50. The normalized spacial score (nSPS) is 14.1. The largest absolute Gasteiger partial charge is 0.508 e. The highest BCUT2D eigenvalue weighted by atomic mass is 16.3. The molecule has 0 bridgehead atoms. The van der Waals surface area contributed by atoms with E-state index in [9.17, 15) is 20.4 Å². The topological polar surface area (TPSA) is 80.9 Å². The first-order valence-electron chi connectivity index (χ1n) is 5.52. The van der Waals surface area contributed by atoms with Crippen molar-refractivity contribution in [1.82, 2.24) is 0 Å². The number of phenolic OH excluding ortho intramolecular Hbond substituents is 2. The van der Waals surface area contributed by atoms with Crippen LogP contribution in [0.25, 0.3) is 0 Å². The minimum Gasteiger partial charge on any atom is -0.508 e. The fourth-order valence-electron chi connectivity index (χ4n) is 1.80. The van der Waals surface area contributed by atoms with E-state index >= 15 is 0 Å². The van der Waals surface area contributed by atoms with Crippen molar-refractivity contribution in [3.8, 4) is 11.5 Å². The molecule has 0 amide bonds. The number of aliphatic hydroxyl groups excluding tert-OH is 2. The Balaban J connectivity index is 2.28. The van der Waals surface area contributed by atoms with Gasteiger partial charge in [0.1, 0.15) is 23.7 Å². The summed E-state index contributed by atoms with van der Waals surface area (Å²) in [6, 6.07) is 12.5. The third-order valence-corrected chi connectivity index (χ3v) is 2.71. The molecule has 0 radical (unpaired) electrons. The third-order valence-electron chi connectivity index (χ3n) is 2.71. The first-order chi connectivity index (χ1) is 8.58. The molecule has 94 valence electrons. The number of hydrogen-bond donors (Lipinski definition) is 4. The van der Waals surface area contributed by atoms with Crippen molar-refractivity contribution in [2.45, 2.75) is 12.2 Å². The highest BCUT2D eigenvalue weighted by Gasteiger charge is 2.20. The molecule has 4 N–H and O–H groups in total. The fourth-order valence-corrected chi connectivity index (χ4v) is 1.80. The van der Waals surface area contributed by atoms with Crippen LogP contribution in [0.2, 0.25) is 0 Å². The summed E-state index contributed by atoms with van der Waals surface area (Å²) in [5.41, 5.74) is 0.816. The molecule has 0 aliphatic rings. The summed E-state index contributed by atoms with van der Waals surface area (Å²) in [5, 5.41) is 38.7. The Morgan fingerprint density at radius 2 is 1.17 bits per heavy atom. The van der Waals surface area contributed by atoms with Crippen LogP contribution in [0.15, 0.2) is 48.5 Å². The molecule has 18 heavy (non-hydrogen) atoms. The summed E-state index contributed by atoms with van der Waals surface area (Å²) in [6.07, 6.45) is -2.34. The Morgan fingerprint density at radius 3 is 1.72 bits per heavy atom. The van der Waals surface area contributed by atoms with Crippen LogP contribution < -0.4 is 0 Å². The standard InChI is InChI=1S/C14H14O4/c15-11-6-10(7-12(16)8-11)14(18)13(17)9-4-2-1-3-5-9/h1-8,13-18H. The second-order valence-corrected chi connectivity index (χ2v) is 4.08. The van der Waals surface area contributed by atoms with Gasteiger partial charge in [-0.3, -0.25) is 0 Å². The molecular weight excluding hydrogens is 232 g/mol. The van der Waals surface area contributed by atoms with Gasteiger partial charge in [0.05, 0.1) is 0 Å². The second kappa shape index (κ2) is 5.08. The summed E-state index contributed by atoms with van der Waals surface area (Å²) >= 11 is 0. The van der Waals surface area contributed by atoms with Gasteiger partial charge in [0, 0.05) is 6.07 Å². The van der Waals surface area contributed by atoms with Gasteiger partial charge in [-0.2, -0.15) is 0 Å². The Morgan fingerprint density at radius 1 is 0.667 bits per heavy atom. The van der Waals surface area contributed by atoms with E-state index in [4.69, 9.17) is 0 Å². The predicted molar refractivity (Wildman–Crippen MR) is 66.1 cm³/mol. The summed E-state index contributed by atoms with van der Waals surface area (Å²) in [4.78, 5) is 0. The zero-order chi connectivity index (χ0) is 13.1. The van der Waals surface area contributed by atoms with Crippen LogP contribution in [-0.4, -0.2) is 20.4 Å². The van der Waals surface area contributed by atoms with Gasteiger partial charge in [-0.25, -0.2) is 0 Å². The second-order valence-electron chi connectivity index (χ2n) is 4.08. The van der Waals surface area contributed by atoms with Gasteiger partial charge in [-0.15, -0.1) is 0 Å². The smallest absolute Gasteiger partial charge is 0.119 e. The summed E-state index contributed by atoms with van der Waals surface area (Å²) in [7, 11) is 0. The number of hydrogen-bond acceptors (Lipinski definition) is 4. The molecule has 0 aliphatic heterocycles. The molecule has 0 fully saturated rings. The van der Waals surface area contributed by atoms with Crippen molar-refractivity contribution in [3.63, 3.8) is 0 Å². The monoisotopic (exact) mass is 246 g/mol. The number of phenols is 2. The first kappa shape index (κ1) is 12.4. The molecule has 2 aromatic rings. The number of aliphatic hydroxyl groups is 2. The van der Waals surface area contributed by atoms with Crippen LogP contribution in [0.1, 0.15) is 23.3 Å². The number of benzene rings is 2. The van der Waals surface area contributed by atoms with Crippen LogP contribution in [0.3, 0.4) is 0 Å². The van der Waals surface area contributed by atoms with Gasteiger partial charge in [0.2, 0.25) is 0 Å². The Bertz CT molecular complexity index is 504. The van der Waals surface area contributed by atoms with Crippen molar-refractivity contribution in [2.24, 2.45) is 0 Å². The first-order valence-corrected chi connectivity index (χ1v) is 5.52. The van der Waals surface area contributed by atoms with Crippen LogP contribution in [-0.2, 0) is 0 Å². The lowest BCUT2D eigenvalue weighted by Gasteiger charge is -2.18. The van der Waals surface area contributed by atoms with Crippen molar-refractivity contribution >= 4 is 0 Å². The molecule has 0 heterocycles. The molecule has 0 spiro atoms. The Labute approximate surface area is 104 Å². The molecule has 4 nitrogen and oxygen atoms in total. The van der Waals surface area contributed by atoms with Gasteiger partial charge in [0.25, 0.3) is 0 Å². The zero-order valence-corrected chi connectivity index (χ0v) is 9.56. The highest BCUT2D eigenvalue weighted by Crippen LogP contribution is 2.32. The maximum absolute atomic E-state index is 10.0. The lowest BCUT2D eigenvalue weighted by molar-refractivity contribution is 0.0170. The SMILES string of the molecule is Oc1cc(O)cc(C(O)C(O)c2ccccc2)c1. The van der Waals surface area contributed by atoms with E-state index in [0.717, 1.165) is 6.07 Å². The molecule has 0 aromatic heterocycles. The highest BCUT2D eigenvalue weighted by molar-refractivity contribution is 5.38. The average Bonchev–Trinajstić information content (AvgIpc) is 2.37. The van der Waals surface area contributed by atoms with Gasteiger partial charge in [0.15, 0.2) is 0 Å². The van der Waals surface area contributed by atoms with Crippen molar-refractivity contribution in [1.29, 1.82) is 0 Å². The minimum absolute atomic E-state index is 0.163. The maximum atomic E-state index is 10.0. The van der Waals surface area contributed by atoms with E-state index in [1.807, 2.05) is 6.07 Å². The van der Waals surface area contributed by atoms with E-state index < -0.39 is 12.2 Å². The Hall–Kier alpha value is -2.04. The van der Waals surface area contributed by atoms with Gasteiger partial charge in [-0.1, -0.05) is 30.3 Å². The molecule has 2 atom stereocenters.